The number of hydrogen-bond acceptors (Lipinski definition) is 4. The van der Waals surface area contributed by atoms with Crippen LogP contribution in [0.5, 0.6) is 0 Å². The van der Waals surface area contributed by atoms with Gasteiger partial charge in [0.25, 0.3) is 5.56 Å². The highest BCUT2D eigenvalue weighted by Crippen LogP contribution is 2.05. The monoisotopic (exact) mass is 233 g/mol. The van der Waals surface area contributed by atoms with Gasteiger partial charge in [-0.2, -0.15) is 0 Å². The molecule has 0 atom stereocenters. The molecular formula is C11H11N3O3. The summed E-state index contributed by atoms with van der Waals surface area (Å²) in [6.45, 7) is -0.0690. The van der Waals surface area contributed by atoms with Crippen LogP contribution >= 0.6 is 0 Å². The minimum atomic E-state index is -0.970. The standard InChI is InChI=1S/C11H11N3O3/c15-10(16)6-12-5-9-11(17)14-8-4-2-1-3-7(8)13-9/h1-4,12H,5-6H2,(H,14,17)(H,15,16). The topological polar surface area (TPSA) is 95.1 Å². The van der Waals surface area contributed by atoms with Crippen molar-refractivity contribution in [2.45, 2.75) is 6.54 Å². The van der Waals surface area contributed by atoms with Crippen molar-refractivity contribution in [3.63, 3.8) is 0 Å². The number of aromatic amines is 1. The third-order valence-electron chi connectivity index (χ3n) is 2.24. The number of carbonyl (C=O) groups is 1. The number of fused-ring (bicyclic) bond motifs is 1. The van der Waals surface area contributed by atoms with E-state index in [1.807, 2.05) is 12.1 Å². The van der Waals surface area contributed by atoms with E-state index in [-0.39, 0.29) is 24.3 Å². The fourth-order valence-corrected chi connectivity index (χ4v) is 1.48. The fourth-order valence-electron chi connectivity index (χ4n) is 1.48. The molecule has 0 saturated heterocycles. The van der Waals surface area contributed by atoms with E-state index in [0.29, 0.717) is 11.0 Å². The number of para-hydroxylation sites is 2. The number of H-pyrrole nitrogens is 1. The highest BCUT2D eigenvalue weighted by atomic mass is 16.4. The Balaban J connectivity index is 2.25. The lowest BCUT2D eigenvalue weighted by atomic mass is 10.3. The Morgan fingerprint density at radius 3 is 2.94 bits per heavy atom. The van der Waals surface area contributed by atoms with Crippen molar-refractivity contribution in [2.75, 3.05) is 6.54 Å². The summed E-state index contributed by atoms with van der Waals surface area (Å²) < 4.78 is 0. The molecule has 0 fully saturated rings. The smallest absolute Gasteiger partial charge is 0.317 e. The van der Waals surface area contributed by atoms with Crippen LogP contribution in [0.3, 0.4) is 0 Å². The van der Waals surface area contributed by atoms with Crippen LogP contribution < -0.4 is 10.9 Å². The lowest BCUT2D eigenvalue weighted by Gasteiger charge is -2.02. The van der Waals surface area contributed by atoms with Gasteiger partial charge >= 0.3 is 5.97 Å². The maximum absolute atomic E-state index is 11.6. The number of benzene rings is 1. The zero-order valence-electron chi connectivity index (χ0n) is 8.93. The third-order valence-corrected chi connectivity index (χ3v) is 2.24. The Labute approximate surface area is 96.3 Å². The van der Waals surface area contributed by atoms with Crippen molar-refractivity contribution < 1.29 is 9.90 Å². The molecule has 0 aliphatic heterocycles. The summed E-state index contributed by atoms with van der Waals surface area (Å²) in [4.78, 5) is 28.8. The molecule has 6 heteroatoms. The zero-order chi connectivity index (χ0) is 12.3. The third kappa shape index (κ3) is 2.67. The van der Waals surface area contributed by atoms with Gasteiger partial charge in [0.2, 0.25) is 0 Å². The van der Waals surface area contributed by atoms with Gasteiger partial charge < -0.3 is 15.4 Å². The first kappa shape index (κ1) is 11.3. The molecule has 17 heavy (non-hydrogen) atoms. The van der Waals surface area contributed by atoms with Gasteiger partial charge in [0, 0.05) is 6.54 Å². The molecule has 1 aromatic carbocycles. The zero-order valence-corrected chi connectivity index (χ0v) is 8.93. The molecule has 1 aromatic heterocycles. The molecule has 0 saturated carbocycles. The maximum atomic E-state index is 11.6. The molecule has 0 bridgehead atoms. The molecule has 88 valence electrons. The average molecular weight is 233 g/mol. The largest absolute Gasteiger partial charge is 0.480 e. The van der Waals surface area contributed by atoms with Crippen LogP contribution in [0.1, 0.15) is 5.69 Å². The second kappa shape index (κ2) is 4.75. The van der Waals surface area contributed by atoms with Crippen LogP contribution in [0.25, 0.3) is 11.0 Å². The summed E-state index contributed by atoms with van der Waals surface area (Å²) in [6, 6.07) is 7.18. The minimum absolute atomic E-state index is 0.131. The number of aromatic nitrogens is 2. The lowest BCUT2D eigenvalue weighted by Crippen LogP contribution is -2.27. The highest BCUT2D eigenvalue weighted by molar-refractivity contribution is 5.73. The first-order valence-electron chi connectivity index (χ1n) is 5.07. The van der Waals surface area contributed by atoms with Crippen molar-refractivity contribution in [2.24, 2.45) is 0 Å². The van der Waals surface area contributed by atoms with Crippen LogP contribution in [0.2, 0.25) is 0 Å². The number of carboxylic acids is 1. The first-order chi connectivity index (χ1) is 8.16. The molecular weight excluding hydrogens is 222 g/mol. The normalized spacial score (nSPS) is 10.6. The van der Waals surface area contributed by atoms with Crippen molar-refractivity contribution in [3.8, 4) is 0 Å². The van der Waals surface area contributed by atoms with E-state index in [9.17, 15) is 9.59 Å². The van der Waals surface area contributed by atoms with Crippen LogP contribution in [-0.2, 0) is 11.3 Å². The summed E-state index contributed by atoms with van der Waals surface area (Å²) in [5.41, 5.74) is 1.32. The molecule has 2 rings (SSSR count). The summed E-state index contributed by atoms with van der Waals surface area (Å²) >= 11 is 0. The van der Waals surface area contributed by atoms with E-state index in [2.05, 4.69) is 15.3 Å². The predicted octanol–water partition coefficient (Wildman–Crippen LogP) is 0.0973. The molecule has 0 radical (unpaired) electrons. The average Bonchev–Trinajstić information content (AvgIpc) is 2.29. The van der Waals surface area contributed by atoms with Gasteiger partial charge in [0.15, 0.2) is 0 Å². The van der Waals surface area contributed by atoms with Crippen molar-refractivity contribution in [1.29, 1.82) is 0 Å². The Morgan fingerprint density at radius 1 is 1.41 bits per heavy atom. The van der Waals surface area contributed by atoms with Gasteiger partial charge in [-0.1, -0.05) is 12.1 Å². The maximum Gasteiger partial charge on any atom is 0.317 e. The van der Waals surface area contributed by atoms with E-state index in [1.54, 1.807) is 12.1 Å². The number of nitrogens with one attached hydrogen (secondary N) is 2. The van der Waals surface area contributed by atoms with Crippen LogP contribution in [0.15, 0.2) is 29.1 Å². The second-order valence-corrected chi connectivity index (χ2v) is 3.53. The molecule has 3 N–H and O–H groups in total. The van der Waals surface area contributed by atoms with E-state index in [1.165, 1.54) is 0 Å². The lowest BCUT2D eigenvalue weighted by molar-refractivity contribution is -0.136. The van der Waals surface area contributed by atoms with Crippen molar-refractivity contribution in [3.05, 3.63) is 40.3 Å². The number of carboxylic acid groups (broad SMARTS) is 1. The predicted molar refractivity (Wildman–Crippen MR) is 61.7 cm³/mol. The molecule has 0 unspecified atom stereocenters. The number of rotatable bonds is 4. The first-order valence-corrected chi connectivity index (χ1v) is 5.07. The molecule has 1 heterocycles. The van der Waals surface area contributed by atoms with Crippen LogP contribution in [-0.4, -0.2) is 27.6 Å². The summed E-state index contributed by atoms with van der Waals surface area (Å²) in [5.74, 6) is -0.970. The van der Waals surface area contributed by atoms with Gasteiger partial charge in [-0.15, -0.1) is 0 Å². The SMILES string of the molecule is O=C(O)CNCc1nc2ccccc2[nH]c1=O. The van der Waals surface area contributed by atoms with E-state index < -0.39 is 5.97 Å². The number of aliphatic carboxylic acids is 1. The number of nitrogens with zero attached hydrogens (tertiary/aromatic N) is 1. The molecule has 0 amide bonds. The molecule has 2 aromatic rings. The minimum Gasteiger partial charge on any atom is -0.480 e. The highest BCUT2D eigenvalue weighted by Gasteiger charge is 2.04. The Bertz CT molecular complexity index is 606. The molecule has 0 spiro atoms. The quantitative estimate of drug-likeness (QED) is 0.696. The summed E-state index contributed by atoms with van der Waals surface area (Å²) in [7, 11) is 0. The van der Waals surface area contributed by atoms with E-state index in [0.717, 1.165) is 0 Å². The Kier molecular flexibility index (Phi) is 3.15. The van der Waals surface area contributed by atoms with Gasteiger partial charge in [0.1, 0.15) is 5.69 Å². The number of hydrogen-bond donors (Lipinski definition) is 3. The van der Waals surface area contributed by atoms with E-state index in [4.69, 9.17) is 5.11 Å². The Morgan fingerprint density at radius 2 is 2.18 bits per heavy atom. The van der Waals surface area contributed by atoms with Gasteiger partial charge in [-0.25, -0.2) is 4.98 Å². The van der Waals surface area contributed by atoms with E-state index >= 15 is 0 Å². The van der Waals surface area contributed by atoms with Crippen molar-refractivity contribution >= 4 is 17.0 Å². The fraction of sp³-hybridized carbons (Fsp3) is 0.182. The van der Waals surface area contributed by atoms with Crippen molar-refractivity contribution in [1.82, 2.24) is 15.3 Å². The summed E-state index contributed by atoms with van der Waals surface area (Å²) in [6.07, 6.45) is 0. The van der Waals surface area contributed by atoms with Gasteiger partial charge in [-0.3, -0.25) is 9.59 Å². The van der Waals surface area contributed by atoms with Gasteiger partial charge in [-0.05, 0) is 12.1 Å². The second-order valence-electron chi connectivity index (χ2n) is 3.53. The van der Waals surface area contributed by atoms with Crippen LogP contribution in [0.4, 0.5) is 0 Å². The van der Waals surface area contributed by atoms with Gasteiger partial charge in [0.05, 0.1) is 17.6 Å². The molecule has 6 nitrogen and oxygen atoms in total. The Hall–Kier alpha value is -2.21. The van der Waals surface area contributed by atoms with Crippen LogP contribution in [0, 0.1) is 0 Å². The molecule has 0 aliphatic carbocycles. The molecule has 0 aliphatic rings. The summed E-state index contributed by atoms with van der Waals surface area (Å²) in [5, 5.41) is 11.1.